The number of rotatable bonds is 8. The molecule has 0 bridgehead atoms. The molecule has 0 spiro atoms. The van der Waals surface area contributed by atoms with Crippen LogP contribution < -0.4 is 11.2 Å². The van der Waals surface area contributed by atoms with Gasteiger partial charge in [0.25, 0.3) is 5.56 Å². The normalized spacial score (nSPS) is 30.3. The average Bonchev–Trinajstić information content (AvgIpc) is 2.82. The third-order valence-electron chi connectivity index (χ3n) is 3.64. The highest BCUT2D eigenvalue weighted by Gasteiger charge is 2.56. The number of ether oxygens (including phenoxy) is 1. The molecule has 1 aliphatic heterocycles. The molecule has 0 amide bonds. The van der Waals surface area contributed by atoms with Gasteiger partial charge in [-0.25, -0.2) is 18.2 Å². The predicted octanol–water partition coefficient (Wildman–Crippen LogP) is -2.38. The number of aliphatic hydroxyl groups excluding tert-OH is 1. The summed E-state index contributed by atoms with van der Waals surface area (Å²) >= 11 is 4.42. The molecule has 0 aromatic carbocycles. The van der Waals surface area contributed by atoms with Gasteiger partial charge in [0, 0.05) is 12.3 Å². The van der Waals surface area contributed by atoms with Crippen molar-refractivity contribution in [3.05, 3.63) is 33.1 Å². The fourth-order valence-corrected chi connectivity index (χ4v) is 6.39. The van der Waals surface area contributed by atoms with E-state index in [0.717, 1.165) is 12.3 Å². The number of H-pyrrole nitrogens is 1. The van der Waals surface area contributed by atoms with Crippen molar-refractivity contribution < 1.29 is 56.8 Å². The maximum atomic E-state index is 12.0. The molecule has 7 N–H and O–H groups in total. The van der Waals surface area contributed by atoms with E-state index in [-0.39, 0.29) is 0 Å². The predicted molar refractivity (Wildman–Crippen MR) is 102 cm³/mol. The molecule has 31 heavy (non-hydrogen) atoms. The molecule has 3 unspecified atom stereocenters. The second kappa shape index (κ2) is 9.06. The Balaban J connectivity index is 2.19. The van der Waals surface area contributed by atoms with Crippen LogP contribution >= 0.6 is 22.4 Å². The molecule has 1 aromatic heterocycles. The highest BCUT2D eigenvalue weighted by molar-refractivity contribution is 8.08. The molecule has 16 nitrogen and oxygen atoms in total. The Bertz CT molecular complexity index is 1140. The maximum Gasteiger partial charge on any atom is 0.488 e. The molecule has 20 heteroatoms. The Hall–Kier alpha value is -1.05. The Kier molecular flexibility index (Phi) is 7.66. The summed E-state index contributed by atoms with van der Waals surface area (Å²) in [6.45, 7) is -5.67. The molecule has 0 aliphatic carbocycles. The topological polar surface area (TPSA) is 247 Å². The molecule has 174 valence electrons. The first-order chi connectivity index (χ1) is 14.0. The number of phosphoric acid groups is 2. The summed E-state index contributed by atoms with van der Waals surface area (Å²) in [6.07, 6.45) is 0.836. The minimum absolute atomic E-state index is 0.659. The summed E-state index contributed by atoms with van der Waals surface area (Å²) < 4.78 is 40.3. The summed E-state index contributed by atoms with van der Waals surface area (Å²) in [5, 5.41) is 20.9. The number of terminal acetylenes is 1. The highest BCUT2D eigenvalue weighted by Crippen LogP contribution is 2.66. The molecular weight excluding hydrogens is 509 g/mol. The van der Waals surface area contributed by atoms with Crippen molar-refractivity contribution >= 4 is 34.2 Å². The Morgan fingerprint density at radius 1 is 1.29 bits per heavy atom. The summed E-state index contributed by atoms with van der Waals surface area (Å²) in [5.41, 5.74) is -4.36. The van der Waals surface area contributed by atoms with Crippen LogP contribution in [0.25, 0.3) is 0 Å². The van der Waals surface area contributed by atoms with Gasteiger partial charge in [-0.15, -0.1) is 6.42 Å². The minimum atomic E-state index is -5.57. The zero-order valence-electron chi connectivity index (χ0n) is 14.8. The molecule has 1 fully saturated rings. The summed E-state index contributed by atoms with van der Waals surface area (Å²) in [6, 6.07) is 0.902. The van der Waals surface area contributed by atoms with Gasteiger partial charge in [0.15, 0.2) is 11.8 Å². The van der Waals surface area contributed by atoms with E-state index < -0.39 is 64.3 Å². The van der Waals surface area contributed by atoms with Crippen molar-refractivity contribution in [2.24, 2.45) is 0 Å². The Morgan fingerprint density at radius 3 is 2.42 bits per heavy atom. The van der Waals surface area contributed by atoms with E-state index in [9.17, 15) is 38.7 Å². The average molecular weight is 524 g/mol. The van der Waals surface area contributed by atoms with Crippen LogP contribution in [0.1, 0.15) is 6.23 Å². The van der Waals surface area contributed by atoms with E-state index in [1.54, 1.807) is 0 Å². The second-order valence-electron chi connectivity index (χ2n) is 5.85. The Morgan fingerprint density at radius 2 is 1.90 bits per heavy atom. The monoisotopic (exact) mass is 524 g/mol. The Labute approximate surface area is 177 Å². The van der Waals surface area contributed by atoms with Crippen LogP contribution in [0, 0.1) is 12.3 Å². The molecule has 2 heterocycles. The van der Waals surface area contributed by atoms with Gasteiger partial charge < -0.3 is 39.0 Å². The van der Waals surface area contributed by atoms with Crippen molar-refractivity contribution in [2.75, 3.05) is 6.61 Å². The van der Waals surface area contributed by atoms with Gasteiger partial charge in [0.2, 0.25) is 0 Å². The van der Waals surface area contributed by atoms with Crippen LogP contribution in [0.2, 0.25) is 0 Å². The lowest BCUT2D eigenvalue weighted by atomic mass is 9.95. The lowest BCUT2D eigenvalue weighted by Crippen LogP contribution is -2.48. The number of aromatic amines is 1. The number of aromatic nitrogens is 2. The van der Waals surface area contributed by atoms with E-state index in [2.05, 4.69) is 25.0 Å². The van der Waals surface area contributed by atoms with Crippen molar-refractivity contribution in [1.82, 2.24) is 9.55 Å². The van der Waals surface area contributed by atoms with Gasteiger partial charge in [-0.05, 0) is 11.8 Å². The summed E-state index contributed by atoms with van der Waals surface area (Å²) in [5.74, 6) is 1.84. The molecular formula is C11H15N2O14P3S. The lowest BCUT2D eigenvalue weighted by molar-refractivity contribution is -0.0757. The summed E-state index contributed by atoms with van der Waals surface area (Å²) in [4.78, 5) is 61.1. The van der Waals surface area contributed by atoms with Crippen molar-refractivity contribution in [1.29, 1.82) is 0 Å². The van der Waals surface area contributed by atoms with E-state index in [0.29, 0.717) is 4.57 Å². The van der Waals surface area contributed by atoms with E-state index >= 15 is 0 Å². The van der Waals surface area contributed by atoms with Crippen LogP contribution in [0.4, 0.5) is 0 Å². The number of hydrogen-bond donors (Lipinski definition) is 7. The minimum Gasteiger partial charge on any atom is -0.386 e. The van der Waals surface area contributed by atoms with E-state index in [4.69, 9.17) is 20.9 Å². The highest BCUT2D eigenvalue weighted by atomic mass is 32.5. The van der Waals surface area contributed by atoms with Gasteiger partial charge in [-0.1, -0.05) is 5.92 Å². The molecule has 2 rings (SSSR count). The standard InChI is InChI=1S/C11H15N2O14P3S/c1-2-11(17)8(15)6(25-9(11)13-4-3-7(14)12-10(13)16)5-24-30(23,31)27-29(21,22)26-28(18,19)20/h1,3-4,6,8-9,15,17H,5H2,(H,21,22)(H,23,31)(H,12,14,16)(H2,18,19,20)/t6-,8?,9-,11?,30+/m1/s1. The number of nitrogens with zero attached hydrogens (tertiary/aromatic N) is 1. The van der Waals surface area contributed by atoms with Gasteiger partial charge in [-0.2, -0.15) is 4.31 Å². The molecule has 1 aromatic rings. The van der Waals surface area contributed by atoms with Gasteiger partial charge in [0.05, 0.1) is 6.61 Å². The third kappa shape index (κ3) is 6.48. The van der Waals surface area contributed by atoms with Crippen LogP contribution in [0.5, 0.6) is 0 Å². The molecule has 0 saturated carbocycles. The second-order valence-corrected chi connectivity index (χ2v) is 11.6. The van der Waals surface area contributed by atoms with Crippen molar-refractivity contribution in [3.63, 3.8) is 0 Å². The largest absolute Gasteiger partial charge is 0.488 e. The van der Waals surface area contributed by atoms with Crippen molar-refractivity contribution in [3.8, 4) is 12.3 Å². The van der Waals surface area contributed by atoms with Crippen LogP contribution in [0.3, 0.4) is 0 Å². The van der Waals surface area contributed by atoms with Crippen LogP contribution in [-0.2, 0) is 38.8 Å². The molecule has 6 atom stereocenters. The van der Waals surface area contributed by atoms with E-state index in [1.807, 2.05) is 10.9 Å². The van der Waals surface area contributed by atoms with Gasteiger partial charge in [0.1, 0.15) is 12.2 Å². The first-order valence-electron chi connectivity index (χ1n) is 7.63. The first kappa shape index (κ1) is 26.2. The lowest BCUT2D eigenvalue weighted by Gasteiger charge is -2.26. The molecule has 1 aliphatic rings. The van der Waals surface area contributed by atoms with Crippen molar-refractivity contribution in [2.45, 2.75) is 24.0 Å². The number of nitrogens with one attached hydrogen (secondary N) is 1. The maximum absolute atomic E-state index is 12.0. The first-order valence-corrected chi connectivity index (χ1v) is 13.2. The zero-order valence-corrected chi connectivity index (χ0v) is 18.3. The smallest absolute Gasteiger partial charge is 0.386 e. The molecule has 1 saturated heterocycles. The third-order valence-corrected chi connectivity index (χ3v) is 8.35. The fraction of sp³-hybridized carbons (Fsp3) is 0.455. The summed E-state index contributed by atoms with van der Waals surface area (Å²) in [7, 11) is -11.1. The van der Waals surface area contributed by atoms with Gasteiger partial charge >= 0.3 is 28.1 Å². The fourth-order valence-electron chi connectivity index (χ4n) is 2.42. The van der Waals surface area contributed by atoms with E-state index in [1.165, 1.54) is 0 Å². The zero-order chi connectivity index (χ0) is 23.8. The molecule has 0 radical (unpaired) electrons. The van der Waals surface area contributed by atoms with Gasteiger partial charge in [-0.3, -0.25) is 14.3 Å². The SMILES string of the molecule is C#CC1(O)C(O)[C@@H](CO[P@](O)(=S)OP(=O)(O)OP(=O)(O)O)O[C@H]1n1ccc(=O)[nH]c1=O. The van der Waals surface area contributed by atoms with Crippen LogP contribution in [-0.4, -0.2) is 63.8 Å². The van der Waals surface area contributed by atoms with Crippen LogP contribution in [0.15, 0.2) is 21.9 Å². The quantitative estimate of drug-likeness (QED) is 0.139. The number of hydrogen-bond acceptors (Lipinski definition) is 11. The number of aliphatic hydroxyl groups is 2.